The van der Waals surface area contributed by atoms with Gasteiger partial charge in [0.05, 0.1) is 6.42 Å². The van der Waals surface area contributed by atoms with Crippen LogP contribution in [0.2, 0.25) is 0 Å². The molecule has 1 aromatic carbocycles. The summed E-state index contributed by atoms with van der Waals surface area (Å²) in [6.45, 7) is 6.10. The highest BCUT2D eigenvalue weighted by molar-refractivity contribution is 5.89. The minimum Gasteiger partial charge on any atom is -0.480 e. The molecule has 1 aliphatic heterocycles. The molecule has 0 bridgehead atoms. The van der Waals surface area contributed by atoms with Gasteiger partial charge in [-0.25, -0.2) is 4.79 Å². The topological polar surface area (TPSA) is 57.6 Å². The van der Waals surface area contributed by atoms with E-state index >= 15 is 0 Å². The molecule has 0 saturated carbocycles. The van der Waals surface area contributed by atoms with Gasteiger partial charge in [0.2, 0.25) is 5.91 Å². The van der Waals surface area contributed by atoms with Crippen LogP contribution >= 0.6 is 0 Å². The Labute approximate surface area is 113 Å². The molecule has 0 spiro atoms. The monoisotopic (exact) mass is 261 g/mol. The van der Waals surface area contributed by atoms with Crippen molar-refractivity contribution in [3.8, 4) is 0 Å². The summed E-state index contributed by atoms with van der Waals surface area (Å²) in [5.41, 5.74) is 2.13. The van der Waals surface area contributed by atoms with Crippen LogP contribution in [0.3, 0.4) is 0 Å². The Morgan fingerprint density at radius 1 is 1.37 bits per heavy atom. The van der Waals surface area contributed by atoms with E-state index in [-0.39, 0.29) is 12.3 Å². The molecule has 1 heterocycles. The Morgan fingerprint density at radius 3 is 2.58 bits per heavy atom. The summed E-state index contributed by atoms with van der Waals surface area (Å²) in [6, 6.07) is 5.99. The Bertz CT molecular complexity index is 538. The molecule has 0 aliphatic carbocycles. The molecule has 4 heteroatoms. The van der Waals surface area contributed by atoms with Crippen molar-refractivity contribution in [2.45, 2.75) is 39.2 Å². The van der Waals surface area contributed by atoms with Gasteiger partial charge in [0.1, 0.15) is 5.54 Å². The predicted molar refractivity (Wildman–Crippen MR) is 72.0 cm³/mol. The van der Waals surface area contributed by atoms with Crippen LogP contribution in [-0.4, -0.2) is 34.0 Å². The highest BCUT2D eigenvalue weighted by atomic mass is 16.4. The maximum absolute atomic E-state index is 12.2. The third kappa shape index (κ3) is 2.35. The predicted octanol–water partition coefficient (Wildman–Crippen LogP) is 1.92. The van der Waals surface area contributed by atoms with Crippen molar-refractivity contribution < 1.29 is 14.7 Å². The summed E-state index contributed by atoms with van der Waals surface area (Å²) in [5, 5.41) is 9.18. The summed E-state index contributed by atoms with van der Waals surface area (Å²) in [5.74, 6) is -1.03. The molecule has 4 nitrogen and oxygen atoms in total. The number of carboxylic acid groups (broad SMARTS) is 1. The molecular weight excluding hydrogens is 242 g/mol. The second-order valence-corrected chi connectivity index (χ2v) is 5.48. The number of carbonyl (C=O) groups excluding carboxylic acids is 1. The zero-order valence-electron chi connectivity index (χ0n) is 11.6. The smallest absolute Gasteiger partial charge is 0.329 e. The molecule has 1 unspecified atom stereocenters. The lowest BCUT2D eigenvalue weighted by Gasteiger charge is -2.47. The second-order valence-electron chi connectivity index (χ2n) is 5.48. The fourth-order valence-electron chi connectivity index (χ4n) is 2.43. The molecule has 0 aromatic heterocycles. The fraction of sp³-hybridized carbons (Fsp3) is 0.467. The number of likely N-dealkylation sites (tertiary alicyclic amines) is 1. The number of aliphatic carboxylic acids is 1. The molecule has 0 radical (unpaired) electrons. The summed E-state index contributed by atoms with van der Waals surface area (Å²) in [6.07, 6.45) is 0.803. The normalized spacial score (nSPS) is 21.9. The number of aryl methyl sites for hydroxylation is 2. The van der Waals surface area contributed by atoms with Gasteiger partial charge in [0.25, 0.3) is 0 Å². The molecule has 102 valence electrons. The van der Waals surface area contributed by atoms with Gasteiger partial charge in [-0.2, -0.15) is 0 Å². The fourth-order valence-corrected chi connectivity index (χ4v) is 2.43. The average Bonchev–Trinajstić information content (AvgIpc) is 2.31. The lowest BCUT2D eigenvalue weighted by Crippen LogP contribution is -2.65. The number of carbonyl (C=O) groups is 2. The lowest BCUT2D eigenvalue weighted by molar-refractivity contribution is -0.168. The van der Waals surface area contributed by atoms with Crippen molar-refractivity contribution >= 4 is 11.9 Å². The van der Waals surface area contributed by atoms with Crippen LogP contribution in [0, 0.1) is 13.8 Å². The van der Waals surface area contributed by atoms with Crippen LogP contribution in [0.5, 0.6) is 0 Å². The highest BCUT2D eigenvalue weighted by Gasteiger charge is 2.49. The SMILES string of the molecule is Cc1ccc(C)c(CC(=O)N2CCC2(C)C(=O)O)c1. The first-order chi connectivity index (χ1) is 8.84. The van der Waals surface area contributed by atoms with Crippen LogP contribution in [-0.2, 0) is 16.0 Å². The highest BCUT2D eigenvalue weighted by Crippen LogP contribution is 2.31. The van der Waals surface area contributed by atoms with Crippen molar-refractivity contribution in [1.29, 1.82) is 0 Å². The number of carboxylic acids is 1. The Hall–Kier alpha value is -1.84. The van der Waals surface area contributed by atoms with E-state index in [2.05, 4.69) is 0 Å². The Morgan fingerprint density at radius 2 is 2.05 bits per heavy atom. The molecule has 1 aromatic rings. The number of hydrogen-bond acceptors (Lipinski definition) is 2. The minimum atomic E-state index is -1.02. The van der Waals surface area contributed by atoms with Gasteiger partial charge in [0, 0.05) is 6.54 Å². The standard InChI is InChI=1S/C15H19NO3/c1-10-4-5-11(2)12(8-10)9-13(17)16-7-6-15(16,3)14(18)19/h4-5,8H,6-7,9H2,1-3H3,(H,18,19). The molecule has 1 N–H and O–H groups in total. The number of benzene rings is 1. The summed E-state index contributed by atoms with van der Waals surface area (Å²) in [7, 11) is 0. The molecule has 1 aliphatic rings. The maximum atomic E-state index is 12.2. The van der Waals surface area contributed by atoms with Gasteiger partial charge in [-0.15, -0.1) is 0 Å². The molecule has 2 rings (SSSR count). The largest absolute Gasteiger partial charge is 0.480 e. The first kappa shape index (κ1) is 13.6. The quantitative estimate of drug-likeness (QED) is 0.904. The van der Waals surface area contributed by atoms with E-state index in [1.54, 1.807) is 6.92 Å². The number of nitrogens with zero attached hydrogens (tertiary/aromatic N) is 1. The number of amides is 1. The number of rotatable bonds is 3. The summed E-state index contributed by atoms with van der Waals surface area (Å²) >= 11 is 0. The van der Waals surface area contributed by atoms with Gasteiger partial charge in [0.15, 0.2) is 0 Å². The van der Waals surface area contributed by atoms with E-state index < -0.39 is 11.5 Å². The van der Waals surface area contributed by atoms with Crippen molar-refractivity contribution in [3.63, 3.8) is 0 Å². The van der Waals surface area contributed by atoms with Crippen LogP contribution in [0.25, 0.3) is 0 Å². The first-order valence-corrected chi connectivity index (χ1v) is 6.44. The van der Waals surface area contributed by atoms with Crippen LogP contribution in [0.15, 0.2) is 18.2 Å². The second kappa shape index (κ2) is 4.68. The van der Waals surface area contributed by atoms with Crippen molar-refractivity contribution in [2.24, 2.45) is 0 Å². The van der Waals surface area contributed by atoms with E-state index in [0.717, 1.165) is 16.7 Å². The van der Waals surface area contributed by atoms with E-state index in [9.17, 15) is 14.7 Å². The summed E-state index contributed by atoms with van der Waals surface area (Å²) in [4.78, 5) is 24.9. The van der Waals surface area contributed by atoms with Crippen LogP contribution < -0.4 is 0 Å². The van der Waals surface area contributed by atoms with Crippen molar-refractivity contribution in [2.75, 3.05) is 6.54 Å². The molecule has 19 heavy (non-hydrogen) atoms. The zero-order chi connectivity index (χ0) is 14.2. The summed E-state index contributed by atoms with van der Waals surface area (Å²) < 4.78 is 0. The first-order valence-electron chi connectivity index (χ1n) is 6.44. The van der Waals surface area contributed by atoms with E-state index in [0.29, 0.717) is 13.0 Å². The third-order valence-electron chi connectivity index (χ3n) is 4.03. The van der Waals surface area contributed by atoms with Crippen molar-refractivity contribution in [3.05, 3.63) is 34.9 Å². The molecule has 1 amide bonds. The maximum Gasteiger partial charge on any atom is 0.329 e. The van der Waals surface area contributed by atoms with E-state index in [4.69, 9.17) is 0 Å². The van der Waals surface area contributed by atoms with Gasteiger partial charge in [-0.1, -0.05) is 23.8 Å². The van der Waals surface area contributed by atoms with Gasteiger partial charge >= 0.3 is 5.97 Å². The van der Waals surface area contributed by atoms with Crippen LogP contribution in [0.1, 0.15) is 30.0 Å². The molecule has 1 saturated heterocycles. The molecule has 1 atom stereocenters. The van der Waals surface area contributed by atoms with Gasteiger partial charge < -0.3 is 10.0 Å². The van der Waals surface area contributed by atoms with Crippen molar-refractivity contribution in [1.82, 2.24) is 4.90 Å². The van der Waals surface area contributed by atoms with E-state index in [1.165, 1.54) is 4.90 Å². The zero-order valence-corrected chi connectivity index (χ0v) is 11.6. The third-order valence-corrected chi connectivity index (χ3v) is 4.03. The van der Waals surface area contributed by atoms with E-state index in [1.807, 2.05) is 32.0 Å². The molecule has 1 fully saturated rings. The Kier molecular flexibility index (Phi) is 3.35. The number of hydrogen-bond donors (Lipinski definition) is 1. The minimum absolute atomic E-state index is 0.107. The van der Waals surface area contributed by atoms with Crippen LogP contribution in [0.4, 0.5) is 0 Å². The average molecular weight is 261 g/mol. The Balaban J connectivity index is 2.14. The van der Waals surface area contributed by atoms with Gasteiger partial charge in [-0.05, 0) is 38.3 Å². The van der Waals surface area contributed by atoms with Gasteiger partial charge in [-0.3, -0.25) is 4.79 Å². The lowest BCUT2D eigenvalue weighted by atomic mass is 9.86. The molecular formula is C15H19NO3.